The summed E-state index contributed by atoms with van der Waals surface area (Å²) in [6.45, 7) is 10.2. The zero-order chi connectivity index (χ0) is 26.9. The average Bonchev–Trinajstić information content (AvgIpc) is 3.24. The lowest BCUT2D eigenvalue weighted by atomic mass is 10.0. The highest BCUT2D eigenvalue weighted by Gasteiger charge is 2.40. The van der Waals surface area contributed by atoms with Crippen LogP contribution in [0.4, 0.5) is 0 Å². The number of benzene rings is 2. The molecule has 1 N–H and O–H groups in total. The first-order chi connectivity index (χ1) is 16.8. The number of H-pyrrole nitrogens is 1. The van der Waals surface area contributed by atoms with E-state index in [1.165, 1.54) is 18.3 Å². The van der Waals surface area contributed by atoms with Crippen molar-refractivity contribution < 1.29 is 27.5 Å². The summed E-state index contributed by atoms with van der Waals surface area (Å²) >= 11 is 0. The van der Waals surface area contributed by atoms with Crippen molar-refractivity contribution in [3.05, 3.63) is 58.3 Å². The van der Waals surface area contributed by atoms with Gasteiger partial charge in [-0.05, 0) is 74.1 Å². The molecule has 0 fully saturated rings. The number of sulfonamides is 1. The zero-order valence-electron chi connectivity index (χ0n) is 22.1. The van der Waals surface area contributed by atoms with Crippen molar-refractivity contribution in [2.75, 3.05) is 14.2 Å². The van der Waals surface area contributed by atoms with Gasteiger partial charge in [0.1, 0.15) is 11.8 Å². The van der Waals surface area contributed by atoms with Crippen LogP contribution in [0.5, 0.6) is 5.75 Å². The maximum Gasteiger partial charge on any atom is 0.324 e. The number of carbonyl (C=O) groups excluding carboxylic acids is 2. The standard InChI is InChI=1S/C27H34N2O6S/c1-15(2)25(27(31)35-8)29(14-20-9-10-23-21(12-20)22(13-28-23)19(6)30)36(32,33)26-16(3)11-24(34-7)17(4)18(26)5/h9-13,15,25,28H,14H2,1-8H3/t25-/m1/s1. The van der Waals surface area contributed by atoms with Gasteiger partial charge in [0.05, 0.1) is 19.1 Å². The molecule has 0 spiro atoms. The van der Waals surface area contributed by atoms with E-state index < -0.39 is 22.0 Å². The van der Waals surface area contributed by atoms with E-state index in [4.69, 9.17) is 9.47 Å². The van der Waals surface area contributed by atoms with Gasteiger partial charge in [-0.1, -0.05) is 19.9 Å². The van der Waals surface area contributed by atoms with Gasteiger partial charge in [-0.25, -0.2) is 8.42 Å². The molecule has 3 rings (SSSR count). The van der Waals surface area contributed by atoms with Crippen molar-refractivity contribution in [1.82, 2.24) is 9.29 Å². The van der Waals surface area contributed by atoms with Crippen LogP contribution >= 0.6 is 0 Å². The lowest BCUT2D eigenvalue weighted by molar-refractivity contribution is -0.146. The molecule has 0 unspecified atom stereocenters. The number of nitrogens with zero attached hydrogens (tertiary/aromatic N) is 1. The molecule has 8 nitrogen and oxygen atoms in total. The first-order valence-electron chi connectivity index (χ1n) is 11.7. The second-order valence-corrected chi connectivity index (χ2v) is 11.2. The third-order valence-electron chi connectivity index (χ3n) is 6.61. The Kier molecular flexibility index (Phi) is 7.95. The number of ether oxygens (including phenoxy) is 2. The van der Waals surface area contributed by atoms with Gasteiger partial charge in [0.25, 0.3) is 0 Å². The third-order valence-corrected chi connectivity index (χ3v) is 8.73. The molecule has 2 aromatic carbocycles. The zero-order valence-corrected chi connectivity index (χ0v) is 22.9. The highest BCUT2D eigenvalue weighted by molar-refractivity contribution is 7.89. The molecular weight excluding hydrogens is 480 g/mol. The molecule has 0 saturated carbocycles. The Balaban J connectivity index is 2.24. The fourth-order valence-electron chi connectivity index (χ4n) is 4.66. The number of ketones is 1. The molecule has 0 bridgehead atoms. The Morgan fingerprint density at radius 3 is 2.28 bits per heavy atom. The van der Waals surface area contributed by atoms with Crippen LogP contribution in [0.3, 0.4) is 0 Å². The Morgan fingerprint density at radius 1 is 1.06 bits per heavy atom. The Morgan fingerprint density at radius 2 is 1.72 bits per heavy atom. The minimum Gasteiger partial charge on any atom is -0.496 e. The molecule has 1 atom stereocenters. The van der Waals surface area contributed by atoms with Crippen LogP contribution < -0.4 is 4.74 Å². The fourth-order valence-corrected chi connectivity index (χ4v) is 6.85. The molecule has 9 heteroatoms. The first-order valence-corrected chi connectivity index (χ1v) is 13.1. The predicted molar refractivity (Wildman–Crippen MR) is 139 cm³/mol. The number of aromatic amines is 1. The second-order valence-electron chi connectivity index (χ2n) is 9.38. The van der Waals surface area contributed by atoms with Gasteiger partial charge < -0.3 is 14.5 Å². The molecule has 0 aliphatic heterocycles. The van der Waals surface area contributed by atoms with E-state index >= 15 is 0 Å². The molecule has 0 aliphatic rings. The number of hydrogen-bond donors (Lipinski definition) is 1. The van der Waals surface area contributed by atoms with Gasteiger partial charge >= 0.3 is 5.97 Å². The topological polar surface area (TPSA) is 106 Å². The SMILES string of the molecule is COC(=O)[C@@H](C(C)C)N(Cc1ccc2[nH]cc(C(C)=O)c2c1)S(=O)(=O)c1c(C)cc(OC)c(C)c1C. The number of rotatable bonds is 9. The van der Waals surface area contributed by atoms with Crippen LogP contribution in [-0.4, -0.2) is 49.7 Å². The van der Waals surface area contributed by atoms with Crippen molar-refractivity contribution in [2.45, 2.75) is 59.0 Å². The Labute approximate surface area is 212 Å². The molecular formula is C27H34N2O6S. The number of nitrogens with one attached hydrogen (secondary N) is 1. The molecule has 0 saturated heterocycles. The van der Waals surface area contributed by atoms with Crippen molar-refractivity contribution >= 4 is 32.7 Å². The van der Waals surface area contributed by atoms with Crippen molar-refractivity contribution in [2.24, 2.45) is 5.92 Å². The van der Waals surface area contributed by atoms with E-state index in [0.717, 1.165) is 5.52 Å². The minimum absolute atomic E-state index is 0.0807. The van der Waals surface area contributed by atoms with Crippen LogP contribution in [0, 0.1) is 26.7 Å². The number of fused-ring (bicyclic) bond motifs is 1. The Bertz CT molecular complexity index is 1420. The molecule has 3 aromatic rings. The van der Waals surface area contributed by atoms with Gasteiger partial charge in [-0.3, -0.25) is 9.59 Å². The summed E-state index contributed by atoms with van der Waals surface area (Å²) in [6, 6.07) is 6.02. The first kappa shape index (κ1) is 27.4. The fraction of sp³-hybridized carbons (Fsp3) is 0.407. The summed E-state index contributed by atoms with van der Waals surface area (Å²) in [5.41, 5.74) is 3.72. The molecule has 0 aliphatic carbocycles. The van der Waals surface area contributed by atoms with E-state index in [0.29, 0.717) is 39.0 Å². The van der Waals surface area contributed by atoms with Gasteiger partial charge in [0.15, 0.2) is 5.78 Å². The van der Waals surface area contributed by atoms with Crippen LogP contribution in [0.15, 0.2) is 35.4 Å². The highest BCUT2D eigenvalue weighted by Crippen LogP contribution is 2.35. The lowest BCUT2D eigenvalue weighted by Gasteiger charge is -2.33. The third kappa shape index (κ3) is 4.90. The summed E-state index contributed by atoms with van der Waals surface area (Å²) in [5, 5.41) is 0.698. The van der Waals surface area contributed by atoms with E-state index in [-0.39, 0.29) is 23.1 Å². The molecule has 194 valence electrons. The number of carbonyl (C=O) groups is 2. The summed E-state index contributed by atoms with van der Waals surface area (Å²) in [5.74, 6) is -0.506. The molecule has 1 heterocycles. The maximum absolute atomic E-state index is 14.3. The van der Waals surface area contributed by atoms with Crippen LogP contribution in [0.25, 0.3) is 10.9 Å². The lowest BCUT2D eigenvalue weighted by Crippen LogP contribution is -2.48. The van der Waals surface area contributed by atoms with Gasteiger partial charge in [0.2, 0.25) is 10.0 Å². The predicted octanol–water partition coefficient (Wildman–Crippen LogP) is 4.69. The number of Topliss-reactive ketones (excluding diaryl/α,β-unsaturated/α-hetero) is 1. The summed E-state index contributed by atoms with van der Waals surface area (Å²) in [7, 11) is -1.38. The second kappa shape index (κ2) is 10.4. The van der Waals surface area contributed by atoms with Crippen molar-refractivity contribution in [3.8, 4) is 5.75 Å². The normalized spacial score (nSPS) is 12.8. The monoisotopic (exact) mass is 514 g/mol. The van der Waals surface area contributed by atoms with Crippen molar-refractivity contribution in [1.29, 1.82) is 0 Å². The van der Waals surface area contributed by atoms with E-state index in [1.807, 2.05) is 0 Å². The van der Waals surface area contributed by atoms with Crippen LogP contribution in [0.1, 0.15) is 53.4 Å². The van der Waals surface area contributed by atoms with E-state index in [2.05, 4.69) is 4.98 Å². The smallest absolute Gasteiger partial charge is 0.324 e. The quantitative estimate of drug-likeness (QED) is 0.328. The molecule has 1 aromatic heterocycles. The van der Waals surface area contributed by atoms with Crippen LogP contribution in [-0.2, 0) is 26.1 Å². The highest BCUT2D eigenvalue weighted by atomic mass is 32.2. The van der Waals surface area contributed by atoms with Crippen LogP contribution in [0.2, 0.25) is 0 Å². The molecule has 36 heavy (non-hydrogen) atoms. The number of aromatic nitrogens is 1. The summed E-state index contributed by atoms with van der Waals surface area (Å²) in [6.07, 6.45) is 1.64. The maximum atomic E-state index is 14.3. The van der Waals surface area contributed by atoms with E-state index in [1.54, 1.807) is 72.2 Å². The molecule has 0 amide bonds. The summed E-state index contributed by atoms with van der Waals surface area (Å²) < 4.78 is 40.3. The largest absolute Gasteiger partial charge is 0.496 e. The number of methoxy groups -OCH3 is 2. The number of esters is 1. The van der Waals surface area contributed by atoms with Crippen molar-refractivity contribution in [3.63, 3.8) is 0 Å². The number of hydrogen-bond acceptors (Lipinski definition) is 6. The van der Waals surface area contributed by atoms with Gasteiger partial charge in [0, 0.05) is 29.2 Å². The number of aryl methyl sites for hydroxylation is 1. The minimum atomic E-state index is -4.17. The molecule has 0 radical (unpaired) electrons. The van der Waals surface area contributed by atoms with Gasteiger partial charge in [-0.2, -0.15) is 4.31 Å². The summed E-state index contributed by atoms with van der Waals surface area (Å²) in [4.78, 5) is 28.2. The van der Waals surface area contributed by atoms with E-state index in [9.17, 15) is 18.0 Å². The van der Waals surface area contributed by atoms with Gasteiger partial charge in [-0.15, -0.1) is 0 Å². The Hall–Kier alpha value is -3.17. The average molecular weight is 515 g/mol.